The molecule has 140 valence electrons. The summed E-state index contributed by atoms with van der Waals surface area (Å²) in [7, 11) is 0. The Hall–Kier alpha value is -2.04. The molecule has 0 saturated carbocycles. The van der Waals surface area contributed by atoms with Gasteiger partial charge >= 0.3 is 0 Å². The van der Waals surface area contributed by atoms with Crippen molar-refractivity contribution in [2.24, 2.45) is 0 Å². The summed E-state index contributed by atoms with van der Waals surface area (Å²) >= 11 is 1.59. The third-order valence-corrected chi connectivity index (χ3v) is 5.33. The molecule has 1 fully saturated rings. The fraction of sp³-hybridized carbons (Fsp3) is 0.526. The summed E-state index contributed by atoms with van der Waals surface area (Å²) in [5, 5.41) is 14.9. The average molecular weight is 375 g/mol. The van der Waals surface area contributed by atoms with Crippen LogP contribution in [0.4, 0.5) is 5.69 Å². The summed E-state index contributed by atoms with van der Waals surface area (Å²) < 4.78 is 0. The van der Waals surface area contributed by atoms with E-state index in [2.05, 4.69) is 21.6 Å². The predicted molar refractivity (Wildman–Crippen MR) is 104 cm³/mol. The Morgan fingerprint density at radius 1 is 1.42 bits per heavy atom. The molecular weight excluding hydrogens is 348 g/mol. The van der Waals surface area contributed by atoms with E-state index in [-0.39, 0.29) is 23.1 Å². The lowest BCUT2D eigenvalue weighted by Gasteiger charge is -2.32. The van der Waals surface area contributed by atoms with Crippen molar-refractivity contribution in [1.82, 2.24) is 10.2 Å². The summed E-state index contributed by atoms with van der Waals surface area (Å²) in [5.74, 6) is -0.0896. The first-order valence-corrected chi connectivity index (χ1v) is 9.78. The van der Waals surface area contributed by atoms with E-state index in [1.807, 2.05) is 31.2 Å². The van der Waals surface area contributed by atoms with Crippen molar-refractivity contribution in [3.05, 3.63) is 24.3 Å². The number of carbonyl (C=O) groups is 2. The van der Waals surface area contributed by atoms with Gasteiger partial charge in [-0.3, -0.25) is 14.5 Å². The number of rotatable bonds is 7. The lowest BCUT2D eigenvalue weighted by Crippen LogP contribution is -2.49. The topological polar surface area (TPSA) is 85.2 Å². The first kappa shape index (κ1) is 20.3. The SMILES string of the molecule is CC(=O)N[C@H]1CCCN(CC(=O)Nc2ccccc2S[C@@H](C)CC#N)C1. The summed E-state index contributed by atoms with van der Waals surface area (Å²) in [5.41, 5.74) is 0.780. The van der Waals surface area contributed by atoms with Gasteiger partial charge in [-0.25, -0.2) is 0 Å². The second-order valence-electron chi connectivity index (χ2n) is 6.61. The number of nitrogens with zero attached hydrogens (tertiary/aromatic N) is 2. The van der Waals surface area contributed by atoms with Gasteiger partial charge in [0.2, 0.25) is 11.8 Å². The largest absolute Gasteiger partial charge is 0.352 e. The maximum Gasteiger partial charge on any atom is 0.238 e. The van der Waals surface area contributed by atoms with Crippen molar-refractivity contribution in [3.63, 3.8) is 0 Å². The van der Waals surface area contributed by atoms with Gasteiger partial charge in [0.05, 0.1) is 18.3 Å². The molecule has 0 aliphatic carbocycles. The van der Waals surface area contributed by atoms with E-state index in [4.69, 9.17) is 5.26 Å². The van der Waals surface area contributed by atoms with E-state index in [0.29, 0.717) is 19.5 Å². The molecule has 1 aliphatic rings. The predicted octanol–water partition coefficient (Wildman–Crippen LogP) is 2.62. The molecule has 7 heteroatoms. The molecule has 1 saturated heterocycles. The number of piperidine rings is 1. The van der Waals surface area contributed by atoms with Crippen molar-refractivity contribution < 1.29 is 9.59 Å². The van der Waals surface area contributed by atoms with E-state index < -0.39 is 0 Å². The molecule has 1 heterocycles. The Bertz CT molecular complexity index is 674. The number of carbonyl (C=O) groups excluding carboxylic acids is 2. The molecule has 1 aromatic carbocycles. The second-order valence-corrected chi connectivity index (χ2v) is 8.09. The van der Waals surface area contributed by atoms with Crippen LogP contribution < -0.4 is 10.6 Å². The molecule has 2 amide bonds. The number of thioether (sulfide) groups is 1. The van der Waals surface area contributed by atoms with Crippen LogP contribution in [0.5, 0.6) is 0 Å². The number of anilines is 1. The minimum absolute atomic E-state index is 0.0289. The highest BCUT2D eigenvalue weighted by Crippen LogP contribution is 2.31. The van der Waals surface area contributed by atoms with Crippen LogP contribution in [0, 0.1) is 11.3 Å². The van der Waals surface area contributed by atoms with Gasteiger partial charge in [0, 0.05) is 36.1 Å². The van der Waals surface area contributed by atoms with Crippen LogP contribution in [0.2, 0.25) is 0 Å². The third-order valence-electron chi connectivity index (χ3n) is 4.15. The number of amides is 2. The highest BCUT2D eigenvalue weighted by molar-refractivity contribution is 8.00. The van der Waals surface area contributed by atoms with Gasteiger partial charge in [-0.05, 0) is 31.5 Å². The molecule has 2 rings (SSSR count). The number of nitriles is 1. The number of para-hydroxylation sites is 1. The summed E-state index contributed by atoms with van der Waals surface area (Å²) in [6, 6.07) is 9.96. The summed E-state index contributed by atoms with van der Waals surface area (Å²) in [6.45, 7) is 5.39. The summed E-state index contributed by atoms with van der Waals surface area (Å²) in [4.78, 5) is 26.7. The molecule has 0 radical (unpaired) electrons. The van der Waals surface area contributed by atoms with E-state index >= 15 is 0 Å². The highest BCUT2D eigenvalue weighted by Gasteiger charge is 2.22. The summed E-state index contributed by atoms with van der Waals surface area (Å²) in [6.07, 6.45) is 2.38. The fourth-order valence-electron chi connectivity index (χ4n) is 3.06. The molecule has 26 heavy (non-hydrogen) atoms. The number of nitrogens with one attached hydrogen (secondary N) is 2. The Balaban J connectivity index is 1.91. The Kier molecular flexibility index (Phi) is 7.95. The Morgan fingerprint density at radius 2 is 2.19 bits per heavy atom. The van der Waals surface area contributed by atoms with Crippen LogP contribution in [0.25, 0.3) is 0 Å². The monoisotopic (exact) mass is 374 g/mol. The maximum atomic E-state index is 12.5. The fourth-order valence-corrected chi connectivity index (χ4v) is 4.05. The molecule has 1 aromatic rings. The molecule has 2 N–H and O–H groups in total. The van der Waals surface area contributed by atoms with E-state index in [9.17, 15) is 9.59 Å². The zero-order valence-corrected chi connectivity index (χ0v) is 16.1. The van der Waals surface area contributed by atoms with Gasteiger partial charge in [0.1, 0.15) is 0 Å². The first-order valence-electron chi connectivity index (χ1n) is 8.90. The zero-order chi connectivity index (χ0) is 18.9. The van der Waals surface area contributed by atoms with Crippen molar-refractivity contribution in [2.75, 3.05) is 25.0 Å². The number of benzene rings is 1. The average Bonchev–Trinajstić information content (AvgIpc) is 2.56. The Morgan fingerprint density at radius 3 is 2.92 bits per heavy atom. The second kappa shape index (κ2) is 10.2. The minimum atomic E-state index is -0.0607. The highest BCUT2D eigenvalue weighted by atomic mass is 32.2. The number of likely N-dealkylation sites (tertiary alicyclic amines) is 1. The molecule has 1 aliphatic heterocycles. The van der Waals surface area contributed by atoms with Crippen LogP contribution >= 0.6 is 11.8 Å². The number of hydrogen-bond donors (Lipinski definition) is 2. The minimum Gasteiger partial charge on any atom is -0.352 e. The standard InChI is InChI=1S/C19H26N4O2S/c1-14(9-10-20)26-18-8-4-3-7-17(18)22-19(25)13-23-11-5-6-16(12-23)21-15(2)24/h3-4,7-8,14,16H,5-6,9,11-13H2,1-2H3,(H,21,24)(H,22,25)/t14-,16-/m0/s1. The van der Waals surface area contributed by atoms with Crippen LogP contribution in [0.1, 0.15) is 33.1 Å². The van der Waals surface area contributed by atoms with Crippen molar-refractivity contribution in [3.8, 4) is 6.07 Å². The van der Waals surface area contributed by atoms with E-state index in [1.54, 1.807) is 11.8 Å². The molecule has 2 atom stereocenters. The third kappa shape index (κ3) is 6.70. The van der Waals surface area contributed by atoms with E-state index in [0.717, 1.165) is 30.0 Å². The molecule has 0 bridgehead atoms. The van der Waals surface area contributed by atoms with Gasteiger partial charge < -0.3 is 10.6 Å². The van der Waals surface area contributed by atoms with Gasteiger partial charge in [-0.15, -0.1) is 11.8 Å². The molecule has 0 unspecified atom stereocenters. The van der Waals surface area contributed by atoms with Crippen LogP contribution in [-0.4, -0.2) is 47.6 Å². The number of hydrogen-bond acceptors (Lipinski definition) is 5. The lowest BCUT2D eigenvalue weighted by atomic mass is 10.1. The molecule has 0 aromatic heterocycles. The maximum absolute atomic E-state index is 12.5. The lowest BCUT2D eigenvalue weighted by molar-refractivity contribution is -0.120. The van der Waals surface area contributed by atoms with Gasteiger partial charge in [0.25, 0.3) is 0 Å². The van der Waals surface area contributed by atoms with Crippen molar-refractivity contribution in [2.45, 2.75) is 49.3 Å². The van der Waals surface area contributed by atoms with Gasteiger partial charge in [0.15, 0.2) is 0 Å². The van der Waals surface area contributed by atoms with Gasteiger partial charge in [-0.1, -0.05) is 19.1 Å². The first-order chi connectivity index (χ1) is 12.5. The normalized spacial score (nSPS) is 18.6. The Labute approximate surface area is 159 Å². The zero-order valence-electron chi connectivity index (χ0n) is 15.3. The van der Waals surface area contributed by atoms with Crippen molar-refractivity contribution in [1.29, 1.82) is 5.26 Å². The van der Waals surface area contributed by atoms with Crippen LogP contribution in [-0.2, 0) is 9.59 Å². The smallest absolute Gasteiger partial charge is 0.238 e. The molecule has 6 nitrogen and oxygen atoms in total. The van der Waals surface area contributed by atoms with Crippen LogP contribution in [0.3, 0.4) is 0 Å². The van der Waals surface area contributed by atoms with Gasteiger partial charge in [-0.2, -0.15) is 5.26 Å². The molecular formula is C19H26N4O2S. The molecule has 0 spiro atoms. The van der Waals surface area contributed by atoms with E-state index in [1.165, 1.54) is 6.92 Å². The quantitative estimate of drug-likeness (QED) is 0.717. The van der Waals surface area contributed by atoms with Crippen LogP contribution in [0.15, 0.2) is 29.2 Å². The van der Waals surface area contributed by atoms with Crippen molar-refractivity contribution >= 4 is 29.3 Å².